The highest BCUT2D eigenvalue weighted by Crippen LogP contribution is 2.28. The zero-order valence-electron chi connectivity index (χ0n) is 9.07. The van der Waals surface area contributed by atoms with Gasteiger partial charge in [0, 0.05) is 12.3 Å². The smallest absolute Gasteiger partial charge is 0.417 e. The molecule has 2 aromatic rings. The van der Waals surface area contributed by atoms with Crippen molar-refractivity contribution in [1.82, 2.24) is 4.57 Å². The zero-order valence-corrected chi connectivity index (χ0v) is 10.7. The van der Waals surface area contributed by atoms with Crippen LogP contribution >= 0.6 is 15.9 Å². The second-order valence-electron chi connectivity index (χ2n) is 3.53. The molecular formula is C11H5BrF3NO3. The summed E-state index contributed by atoms with van der Waals surface area (Å²) in [5.74, 6) is -1.21. The van der Waals surface area contributed by atoms with Gasteiger partial charge in [0.2, 0.25) is 0 Å². The number of nitrogens with zero attached hydrogens (tertiary/aromatic N) is 1. The highest BCUT2D eigenvalue weighted by atomic mass is 79.9. The molecule has 0 radical (unpaired) electrons. The van der Waals surface area contributed by atoms with Crippen molar-refractivity contribution in [3.63, 3.8) is 0 Å². The minimum absolute atomic E-state index is 0.232. The third-order valence-corrected chi connectivity index (χ3v) is 2.67. The Morgan fingerprint density at radius 2 is 1.89 bits per heavy atom. The molecule has 0 aliphatic rings. The molecular weight excluding hydrogens is 331 g/mol. The van der Waals surface area contributed by atoms with Crippen LogP contribution in [0.2, 0.25) is 0 Å². The Bertz CT molecular complexity index is 687. The Morgan fingerprint density at radius 1 is 1.21 bits per heavy atom. The van der Waals surface area contributed by atoms with Gasteiger partial charge in [-0.05, 0) is 34.1 Å². The molecule has 0 aromatic carbocycles. The number of halogens is 4. The van der Waals surface area contributed by atoms with E-state index in [0.717, 1.165) is 0 Å². The van der Waals surface area contributed by atoms with Gasteiger partial charge in [-0.15, -0.1) is 0 Å². The second-order valence-corrected chi connectivity index (χ2v) is 4.31. The largest absolute Gasteiger partial charge is 0.444 e. The summed E-state index contributed by atoms with van der Waals surface area (Å²) in [6.07, 6.45) is -4.19. The van der Waals surface area contributed by atoms with Crippen LogP contribution in [0.1, 0.15) is 16.1 Å². The quantitative estimate of drug-likeness (QED) is 0.805. The lowest BCUT2D eigenvalue weighted by Crippen LogP contribution is -2.27. The summed E-state index contributed by atoms with van der Waals surface area (Å²) in [6, 6.07) is 3.94. The molecule has 0 N–H and O–H groups in total. The number of pyridine rings is 1. The van der Waals surface area contributed by atoms with Crippen LogP contribution in [0.3, 0.4) is 0 Å². The summed E-state index contributed by atoms with van der Waals surface area (Å²) in [5.41, 5.74) is -1.96. The lowest BCUT2D eigenvalue weighted by atomic mass is 10.2. The highest BCUT2D eigenvalue weighted by molar-refractivity contribution is 9.10. The first kappa shape index (κ1) is 13.6. The topological polar surface area (TPSA) is 52.2 Å². The number of carbonyl (C=O) groups is 1. The molecule has 2 rings (SSSR count). The summed E-state index contributed by atoms with van der Waals surface area (Å²) < 4.78 is 43.0. The molecule has 2 aromatic heterocycles. The van der Waals surface area contributed by atoms with Crippen molar-refractivity contribution >= 4 is 21.8 Å². The van der Waals surface area contributed by atoms with Gasteiger partial charge in [0.1, 0.15) is 0 Å². The molecule has 0 aliphatic heterocycles. The van der Waals surface area contributed by atoms with Crippen molar-refractivity contribution in [2.75, 3.05) is 0 Å². The van der Waals surface area contributed by atoms with E-state index < -0.39 is 23.2 Å². The van der Waals surface area contributed by atoms with E-state index >= 15 is 0 Å². The Kier molecular flexibility index (Phi) is 3.36. The Morgan fingerprint density at radius 3 is 2.42 bits per heavy atom. The van der Waals surface area contributed by atoms with E-state index in [0.29, 0.717) is 22.9 Å². The van der Waals surface area contributed by atoms with E-state index in [4.69, 9.17) is 4.42 Å². The van der Waals surface area contributed by atoms with Gasteiger partial charge >= 0.3 is 12.1 Å². The number of hydrogen-bond donors (Lipinski definition) is 0. The van der Waals surface area contributed by atoms with Crippen molar-refractivity contribution in [3.8, 4) is 0 Å². The number of furan rings is 1. The lowest BCUT2D eigenvalue weighted by molar-refractivity contribution is -0.137. The van der Waals surface area contributed by atoms with Crippen LogP contribution in [0.4, 0.5) is 13.2 Å². The second kappa shape index (κ2) is 4.69. The molecule has 0 unspecified atom stereocenters. The molecule has 0 aliphatic carbocycles. The molecule has 0 fully saturated rings. The maximum Gasteiger partial charge on any atom is 0.417 e. The van der Waals surface area contributed by atoms with Crippen LogP contribution in [-0.2, 0) is 6.18 Å². The van der Waals surface area contributed by atoms with Crippen LogP contribution < -0.4 is 5.56 Å². The number of hydrogen-bond acceptors (Lipinski definition) is 3. The van der Waals surface area contributed by atoms with Crippen LogP contribution in [0.15, 0.2) is 44.3 Å². The first-order valence-corrected chi connectivity index (χ1v) is 5.68. The number of aromatic nitrogens is 1. The molecule has 0 saturated carbocycles. The maximum atomic E-state index is 12.5. The fraction of sp³-hybridized carbons (Fsp3) is 0.0909. The molecule has 0 amide bonds. The molecule has 0 bridgehead atoms. The normalized spacial score (nSPS) is 11.6. The van der Waals surface area contributed by atoms with Gasteiger partial charge in [-0.1, -0.05) is 0 Å². The third kappa shape index (κ3) is 2.78. The lowest BCUT2D eigenvalue weighted by Gasteiger charge is -2.08. The Hall–Kier alpha value is -1.83. The predicted molar refractivity (Wildman–Crippen MR) is 61.8 cm³/mol. The van der Waals surface area contributed by atoms with E-state index in [9.17, 15) is 22.8 Å². The summed E-state index contributed by atoms with van der Waals surface area (Å²) >= 11 is 2.95. The third-order valence-electron chi connectivity index (χ3n) is 2.24. The standard InChI is InChI=1S/C11H5BrF3NO3/c12-8-3-2-7(19-8)10(18)16-5-6(11(13,14)15)1-4-9(16)17/h1-5H. The highest BCUT2D eigenvalue weighted by Gasteiger charge is 2.31. The summed E-state index contributed by atoms with van der Waals surface area (Å²) in [7, 11) is 0. The molecule has 19 heavy (non-hydrogen) atoms. The van der Waals surface area contributed by atoms with Crippen molar-refractivity contribution in [3.05, 3.63) is 56.8 Å². The fourth-order valence-corrected chi connectivity index (χ4v) is 1.67. The average molecular weight is 336 g/mol. The van der Waals surface area contributed by atoms with Crippen LogP contribution in [0.25, 0.3) is 0 Å². The summed E-state index contributed by atoms with van der Waals surface area (Å²) in [4.78, 5) is 23.3. The van der Waals surface area contributed by atoms with Crippen molar-refractivity contribution in [2.45, 2.75) is 6.18 Å². The van der Waals surface area contributed by atoms with E-state index in [2.05, 4.69) is 15.9 Å². The van der Waals surface area contributed by atoms with Gasteiger partial charge in [-0.25, -0.2) is 4.57 Å². The Labute approximate surface area is 112 Å². The van der Waals surface area contributed by atoms with Crippen LogP contribution in [-0.4, -0.2) is 10.5 Å². The van der Waals surface area contributed by atoms with Gasteiger partial charge in [-0.3, -0.25) is 9.59 Å². The summed E-state index contributed by atoms with van der Waals surface area (Å²) in [6.45, 7) is 0. The zero-order chi connectivity index (χ0) is 14.2. The maximum absolute atomic E-state index is 12.5. The van der Waals surface area contributed by atoms with E-state index in [1.54, 1.807) is 0 Å². The van der Waals surface area contributed by atoms with Crippen LogP contribution in [0, 0.1) is 0 Å². The van der Waals surface area contributed by atoms with Gasteiger partial charge in [0.05, 0.1) is 5.56 Å². The van der Waals surface area contributed by atoms with Crippen molar-refractivity contribution in [2.24, 2.45) is 0 Å². The van der Waals surface area contributed by atoms with Gasteiger partial charge < -0.3 is 4.42 Å². The van der Waals surface area contributed by atoms with Gasteiger partial charge in [0.25, 0.3) is 5.56 Å². The predicted octanol–water partition coefficient (Wildman–Crippen LogP) is 2.91. The Balaban J connectivity index is 2.50. The first-order chi connectivity index (χ1) is 8.79. The molecule has 2 heterocycles. The van der Waals surface area contributed by atoms with Crippen LogP contribution in [0.5, 0.6) is 0 Å². The molecule has 100 valence electrons. The molecule has 0 spiro atoms. The first-order valence-electron chi connectivity index (χ1n) is 4.89. The molecule has 0 atom stereocenters. The minimum atomic E-state index is -4.64. The molecule has 4 nitrogen and oxygen atoms in total. The minimum Gasteiger partial charge on any atom is -0.444 e. The van der Waals surface area contributed by atoms with Crippen molar-refractivity contribution in [1.29, 1.82) is 0 Å². The van der Waals surface area contributed by atoms with E-state index in [-0.39, 0.29) is 10.4 Å². The molecule has 8 heteroatoms. The van der Waals surface area contributed by atoms with Gasteiger partial charge in [-0.2, -0.15) is 13.2 Å². The number of carbonyl (C=O) groups excluding carboxylic acids is 1. The fourth-order valence-electron chi connectivity index (χ4n) is 1.36. The monoisotopic (exact) mass is 335 g/mol. The van der Waals surface area contributed by atoms with E-state index in [1.165, 1.54) is 12.1 Å². The SMILES string of the molecule is O=C(c1ccc(Br)o1)n1cc(C(F)(F)F)ccc1=O. The van der Waals surface area contributed by atoms with Gasteiger partial charge in [0.15, 0.2) is 10.4 Å². The average Bonchev–Trinajstić information content (AvgIpc) is 2.74. The molecule has 0 saturated heterocycles. The van der Waals surface area contributed by atoms with Crippen molar-refractivity contribution < 1.29 is 22.4 Å². The summed E-state index contributed by atoms with van der Waals surface area (Å²) in [5, 5.41) is 0. The number of rotatable bonds is 1. The number of alkyl halides is 3. The van der Waals surface area contributed by atoms with E-state index in [1.807, 2.05) is 0 Å².